The number of terminal acetylenes is 1. The second kappa shape index (κ2) is 7.41. The fourth-order valence-electron chi connectivity index (χ4n) is 1.30. The monoisotopic (exact) mass is 235 g/mol. The third-order valence-corrected chi connectivity index (χ3v) is 2.24. The number of aryl methyl sites for hydroxylation is 1. The Bertz CT molecular complexity index is 368. The minimum atomic E-state index is -0.237. The van der Waals surface area contributed by atoms with Crippen LogP contribution in [0.15, 0.2) is 12.4 Å². The minimum Gasteiger partial charge on any atom is -0.344 e. The van der Waals surface area contributed by atoms with E-state index in [1.165, 1.54) is 0 Å². The first-order valence-electron chi connectivity index (χ1n) is 5.52. The lowest BCUT2D eigenvalue weighted by atomic mass is 10.3. The molecule has 6 nitrogen and oxygen atoms in total. The van der Waals surface area contributed by atoms with E-state index in [-0.39, 0.29) is 18.5 Å². The fraction of sp³-hybridized carbons (Fsp3) is 0.545. The topological polar surface area (TPSA) is 71.8 Å². The van der Waals surface area contributed by atoms with Crippen molar-refractivity contribution in [2.75, 3.05) is 13.1 Å². The van der Waals surface area contributed by atoms with Crippen LogP contribution < -0.4 is 10.6 Å². The van der Waals surface area contributed by atoms with E-state index in [4.69, 9.17) is 6.42 Å². The van der Waals surface area contributed by atoms with Crippen molar-refractivity contribution in [3.8, 4) is 12.3 Å². The highest BCUT2D eigenvalue weighted by Crippen LogP contribution is 1.88. The molecule has 0 radical (unpaired) electrons. The molecule has 0 aliphatic heterocycles. The summed E-state index contributed by atoms with van der Waals surface area (Å²) in [5.74, 6) is 2.28. The highest BCUT2D eigenvalue weighted by Gasteiger charge is 2.09. The zero-order chi connectivity index (χ0) is 12.5. The Morgan fingerprint density at radius 3 is 3.12 bits per heavy atom. The van der Waals surface area contributed by atoms with Gasteiger partial charge in [0.1, 0.15) is 0 Å². The summed E-state index contributed by atoms with van der Waals surface area (Å²) >= 11 is 0. The Labute approximate surface area is 101 Å². The number of amides is 1. The van der Waals surface area contributed by atoms with Gasteiger partial charge >= 0.3 is 0 Å². The van der Waals surface area contributed by atoms with E-state index < -0.39 is 0 Å². The first kappa shape index (κ1) is 13.2. The van der Waals surface area contributed by atoms with Crippen LogP contribution in [0.1, 0.15) is 13.3 Å². The van der Waals surface area contributed by atoms with Gasteiger partial charge in [0, 0.05) is 12.7 Å². The second-order valence-corrected chi connectivity index (χ2v) is 3.62. The van der Waals surface area contributed by atoms with Crippen molar-refractivity contribution in [3.05, 3.63) is 12.4 Å². The maximum Gasteiger partial charge on any atom is 0.237 e. The molecule has 1 amide bonds. The van der Waals surface area contributed by atoms with Crippen LogP contribution >= 0.6 is 0 Å². The first-order chi connectivity index (χ1) is 8.24. The maximum atomic E-state index is 11.4. The summed E-state index contributed by atoms with van der Waals surface area (Å²) in [5.41, 5.74) is 0. The molecule has 0 aromatic carbocycles. The molecule has 0 spiro atoms. The van der Waals surface area contributed by atoms with Crippen LogP contribution in [0, 0.1) is 12.3 Å². The van der Waals surface area contributed by atoms with Crippen LogP contribution in [0.25, 0.3) is 0 Å². The predicted molar refractivity (Wildman–Crippen MR) is 63.9 cm³/mol. The zero-order valence-electron chi connectivity index (χ0n) is 9.89. The fourth-order valence-corrected chi connectivity index (χ4v) is 1.30. The van der Waals surface area contributed by atoms with Crippen LogP contribution in [0.2, 0.25) is 0 Å². The van der Waals surface area contributed by atoms with Gasteiger partial charge in [0.25, 0.3) is 0 Å². The van der Waals surface area contributed by atoms with Gasteiger partial charge in [0.05, 0.1) is 18.8 Å². The number of carbonyl (C=O) groups excluding carboxylic acids is 1. The standard InChI is InChI=1S/C11H17N5O/c1-3-5-13-11(17)10(2)12-6-4-8-16-9-7-14-15-16/h1,7,9-10,12H,4-6,8H2,2H3,(H,13,17). The highest BCUT2D eigenvalue weighted by molar-refractivity contribution is 5.81. The smallest absolute Gasteiger partial charge is 0.237 e. The molecule has 0 bridgehead atoms. The number of rotatable bonds is 7. The summed E-state index contributed by atoms with van der Waals surface area (Å²) in [4.78, 5) is 11.4. The predicted octanol–water partition coefficient (Wildman–Crippen LogP) is -0.604. The minimum absolute atomic E-state index is 0.0799. The molecule has 0 saturated heterocycles. The van der Waals surface area contributed by atoms with Gasteiger partial charge in [0.2, 0.25) is 5.91 Å². The normalized spacial score (nSPS) is 11.8. The number of nitrogens with one attached hydrogen (secondary N) is 2. The molecule has 2 N–H and O–H groups in total. The molecular weight excluding hydrogens is 218 g/mol. The second-order valence-electron chi connectivity index (χ2n) is 3.62. The molecule has 0 fully saturated rings. The average molecular weight is 235 g/mol. The molecule has 0 aliphatic rings. The molecular formula is C11H17N5O. The Kier molecular flexibility index (Phi) is 5.75. The summed E-state index contributed by atoms with van der Waals surface area (Å²) in [6, 6.07) is -0.237. The van der Waals surface area contributed by atoms with Crippen molar-refractivity contribution >= 4 is 5.91 Å². The molecule has 6 heteroatoms. The molecule has 1 aromatic heterocycles. The number of aromatic nitrogens is 3. The van der Waals surface area contributed by atoms with Gasteiger partial charge in [-0.25, -0.2) is 0 Å². The van der Waals surface area contributed by atoms with Crippen molar-refractivity contribution in [1.82, 2.24) is 25.6 Å². The molecule has 1 heterocycles. The van der Waals surface area contributed by atoms with E-state index in [0.29, 0.717) is 0 Å². The van der Waals surface area contributed by atoms with Crippen LogP contribution in [0.4, 0.5) is 0 Å². The summed E-state index contributed by atoms with van der Waals surface area (Å²) < 4.78 is 1.75. The molecule has 1 atom stereocenters. The molecule has 0 saturated carbocycles. The van der Waals surface area contributed by atoms with Gasteiger partial charge < -0.3 is 10.6 Å². The highest BCUT2D eigenvalue weighted by atomic mass is 16.2. The third-order valence-electron chi connectivity index (χ3n) is 2.24. The molecule has 17 heavy (non-hydrogen) atoms. The Morgan fingerprint density at radius 2 is 2.47 bits per heavy atom. The van der Waals surface area contributed by atoms with Crippen molar-refractivity contribution in [2.24, 2.45) is 0 Å². The molecule has 0 aliphatic carbocycles. The van der Waals surface area contributed by atoms with Crippen molar-refractivity contribution in [2.45, 2.75) is 25.9 Å². The van der Waals surface area contributed by atoms with Crippen LogP contribution in [-0.4, -0.2) is 40.0 Å². The maximum absolute atomic E-state index is 11.4. The van der Waals surface area contributed by atoms with E-state index in [0.717, 1.165) is 19.5 Å². The number of hydrogen-bond donors (Lipinski definition) is 2. The van der Waals surface area contributed by atoms with Gasteiger partial charge in [0.15, 0.2) is 0 Å². The summed E-state index contributed by atoms with van der Waals surface area (Å²) in [5, 5.41) is 13.3. The lowest BCUT2D eigenvalue weighted by molar-refractivity contribution is -0.122. The van der Waals surface area contributed by atoms with E-state index >= 15 is 0 Å². The summed E-state index contributed by atoms with van der Waals surface area (Å²) in [6.07, 6.45) is 9.39. The van der Waals surface area contributed by atoms with Crippen molar-refractivity contribution in [3.63, 3.8) is 0 Å². The Balaban J connectivity index is 2.09. The molecule has 92 valence electrons. The van der Waals surface area contributed by atoms with Crippen LogP contribution in [-0.2, 0) is 11.3 Å². The number of hydrogen-bond acceptors (Lipinski definition) is 4. The van der Waals surface area contributed by atoms with Gasteiger partial charge in [-0.1, -0.05) is 11.1 Å². The lowest BCUT2D eigenvalue weighted by Crippen LogP contribution is -2.42. The quantitative estimate of drug-likeness (QED) is 0.489. The van der Waals surface area contributed by atoms with Crippen molar-refractivity contribution < 1.29 is 4.79 Å². The van der Waals surface area contributed by atoms with Gasteiger partial charge in [-0.05, 0) is 19.9 Å². The molecule has 1 aromatic rings. The van der Waals surface area contributed by atoms with Crippen LogP contribution in [0.3, 0.4) is 0 Å². The molecule has 1 rings (SSSR count). The summed E-state index contributed by atoms with van der Waals surface area (Å²) in [7, 11) is 0. The van der Waals surface area contributed by atoms with E-state index in [9.17, 15) is 4.79 Å². The zero-order valence-corrected chi connectivity index (χ0v) is 9.89. The summed E-state index contributed by atoms with van der Waals surface area (Å²) in [6.45, 7) is 3.60. The Morgan fingerprint density at radius 1 is 1.65 bits per heavy atom. The SMILES string of the molecule is C#CCNC(=O)C(C)NCCCn1ccnn1. The Hall–Kier alpha value is -1.87. The van der Waals surface area contributed by atoms with Gasteiger partial charge in [-0.3, -0.25) is 9.48 Å². The average Bonchev–Trinajstić information content (AvgIpc) is 2.84. The lowest BCUT2D eigenvalue weighted by Gasteiger charge is -2.12. The van der Waals surface area contributed by atoms with E-state index in [2.05, 4.69) is 26.9 Å². The van der Waals surface area contributed by atoms with Gasteiger partial charge in [-0.2, -0.15) is 0 Å². The first-order valence-corrected chi connectivity index (χ1v) is 5.52. The van der Waals surface area contributed by atoms with E-state index in [1.807, 2.05) is 6.20 Å². The van der Waals surface area contributed by atoms with Gasteiger partial charge in [-0.15, -0.1) is 11.5 Å². The third kappa shape index (κ3) is 5.13. The number of nitrogens with zero attached hydrogens (tertiary/aromatic N) is 3. The van der Waals surface area contributed by atoms with E-state index in [1.54, 1.807) is 17.8 Å². The van der Waals surface area contributed by atoms with Crippen molar-refractivity contribution in [1.29, 1.82) is 0 Å². The molecule has 1 unspecified atom stereocenters. The largest absolute Gasteiger partial charge is 0.344 e. The van der Waals surface area contributed by atoms with Crippen LogP contribution in [0.5, 0.6) is 0 Å². The number of carbonyl (C=O) groups is 1.